The maximum Gasteiger partial charge on any atom is 0.319 e. The molecule has 0 saturated carbocycles. The fraction of sp³-hybridized carbons (Fsp3) is 0.304. The average Bonchev–Trinajstić information content (AvgIpc) is 2.70. The van der Waals surface area contributed by atoms with Crippen LogP contribution in [-0.4, -0.2) is 31.6 Å². The molecule has 0 bridgehead atoms. The van der Waals surface area contributed by atoms with Crippen LogP contribution < -0.4 is 20.1 Å². The molecule has 0 saturated heterocycles. The van der Waals surface area contributed by atoms with Crippen molar-refractivity contribution in [2.24, 2.45) is 0 Å². The van der Waals surface area contributed by atoms with Crippen molar-refractivity contribution in [1.82, 2.24) is 5.32 Å². The number of ketones is 1. The first-order valence-corrected chi connectivity index (χ1v) is 9.63. The van der Waals surface area contributed by atoms with E-state index in [1.54, 1.807) is 37.5 Å². The molecule has 2 aromatic carbocycles. The summed E-state index contributed by atoms with van der Waals surface area (Å²) in [4.78, 5) is 24.1. The van der Waals surface area contributed by atoms with Gasteiger partial charge < -0.3 is 20.1 Å². The lowest BCUT2D eigenvalue weighted by Crippen LogP contribution is -2.34. The second-order valence-electron chi connectivity index (χ2n) is 6.79. The van der Waals surface area contributed by atoms with Crippen molar-refractivity contribution < 1.29 is 19.1 Å². The molecule has 0 atom stereocenters. The summed E-state index contributed by atoms with van der Waals surface area (Å²) in [6.07, 6.45) is 4.15. The molecule has 0 fully saturated rings. The normalized spacial score (nSPS) is 10.8. The fourth-order valence-corrected chi connectivity index (χ4v) is 2.53. The van der Waals surface area contributed by atoms with Crippen LogP contribution in [0, 0.1) is 0 Å². The molecule has 0 spiro atoms. The van der Waals surface area contributed by atoms with Crippen molar-refractivity contribution in [3.05, 3.63) is 59.7 Å². The number of ether oxygens (including phenoxy) is 2. The van der Waals surface area contributed by atoms with Gasteiger partial charge in [0, 0.05) is 17.3 Å². The molecule has 154 valence electrons. The third-order valence-electron chi connectivity index (χ3n) is 3.92. The zero-order valence-electron chi connectivity index (χ0n) is 17.3. The molecule has 0 aliphatic heterocycles. The molecule has 0 heterocycles. The minimum atomic E-state index is -0.278. The van der Waals surface area contributed by atoms with Crippen molar-refractivity contribution in [2.75, 3.05) is 19.0 Å². The van der Waals surface area contributed by atoms with E-state index in [4.69, 9.17) is 9.47 Å². The van der Waals surface area contributed by atoms with Crippen LogP contribution in [0.1, 0.15) is 43.1 Å². The molecule has 29 heavy (non-hydrogen) atoms. The molecule has 2 amide bonds. The van der Waals surface area contributed by atoms with Crippen molar-refractivity contribution in [3.63, 3.8) is 0 Å². The molecular formula is C23H28N2O4. The molecule has 0 aliphatic rings. The maximum absolute atomic E-state index is 12.4. The summed E-state index contributed by atoms with van der Waals surface area (Å²) in [5.74, 6) is 1.18. The van der Waals surface area contributed by atoms with Crippen LogP contribution in [0.25, 0.3) is 6.08 Å². The van der Waals surface area contributed by atoms with E-state index in [9.17, 15) is 9.59 Å². The van der Waals surface area contributed by atoms with Crippen molar-refractivity contribution in [1.29, 1.82) is 0 Å². The second kappa shape index (κ2) is 10.9. The van der Waals surface area contributed by atoms with Gasteiger partial charge in [0.1, 0.15) is 0 Å². The van der Waals surface area contributed by atoms with E-state index in [-0.39, 0.29) is 17.9 Å². The minimum Gasteiger partial charge on any atom is -0.493 e. The van der Waals surface area contributed by atoms with Crippen LogP contribution >= 0.6 is 0 Å². The van der Waals surface area contributed by atoms with Gasteiger partial charge in [0.25, 0.3) is 0 Å². The number of urea groups is 1. The van der Waals surface area contributed by atoms with E-state index < -0.39 is 0 Å². The summed E-state index contributed by atoms with van der Waals surface area (Å²) in [7, 11) is 1.59. The quantitative estimate of drug-likeness (QED) is 0.466. The highest BCUT2D eigenvalue weighted by molar-refractivity contribution is 6.07. The number of nitrogens with one attached hydrogen (secondary N) is 2. The van der Waals surface area contributed by atoms with Gasteiger partial charge in [-0.25, -0.2) is 4.79 Å². The summed E-state index contributed by atoms with van der Waals surface area (Å²) in [5, 5.41) is 5.47. The van der Waals surface area contributed by atoms with E-state index in [2.05, 4.69) is 10.6 Å². The largest absolute Gasteiger partial charge is 0.493 e. The Morgan fingerprint density at radius 2 is 1.79 bits per heavy atom. The first-order chi connectivity index (χ1) is 13.9. The van der Waals surface area contributed by atoms with Crippen molar-refractivity contribution in [2.45, 2.75) is 33.2 Å². The van der Waals surface area contributed by atoms with E-state index in [1.807, 2.05) is 39.0 Å². The van der Waals surface area contributed by atoms with Crippen LogP contribution in [0.3, 0.4) is 0 Å². The SMILES string of the molecule is CCCOc1ccc(/C=C/C(=O)c2ccc(NC(=O)NC(C)C)cc2)cc1OC. The number of carbonyl (C=O) groups excluding carboxylic acids is 2. The Balaban J connectivity index is 2.02. The van der Waals surface area contributed by atoms with Crippen molar-refractivity contribution >= 4 is 23.6 Å². The Labute approximate surface area is 171 Å². The predicted octanol–water partition coefficient (Wildman–Crippen LogP) is 4.91. The molecule has 0 aromatic heterocycles. The van der Waals surface area contributed by atoms with Gasteiger partial charge in [-0.3, -0.25) is 4.79 Å². The first-order valence-electron chi connectivity index (χ1n) is 9.63. The summed E-state index contributed by atoms with van der Waals surface area (Å²) in [6.45, 7) is 6.43. The van der Waals surface area contributed by atoms with Crippen LogP contribution in [0.4, 0.5) is 10.5 Å². The molecule has 0 aliphatic carbocycles. The first kappa shape index (κ1) is 22.0. The number of anilines is 1. The minimum absolute atomic E-state index is 0.0480. The molecule has 0 unspecified atom stereocenters. The average molecular weight is 396 g/mol. The molecule has 2 N–H and O–H groups in total. The summed E-state index contributed by atoms with van der Waals surface area (Å²) >= 11 is 0. The Morgan fingerprint density at radius 1 is 1.07 bits per heavy atom. The van der Waals surface area contributed by atoms with Crippen LogP contribution in [0.5, 0.6) is 11.5 Å². The van der Waals surface area contributed by atoms with E-state index in [1.165, 1.54) is 6.08 Å². The lowest BCUT2D eigenvalue weighted by Gasteiger charge is -2.10. The van der Waals surface area contributed by atoms with Gasteiger partial charge in [0.15, 0.2) is 17.3 Å². The number of rotatable bonds is 9. The number of benzene rings is 2. The molecule has 2 aromatic rings. The van der Waals surface area contributed by atoms with Crippen LogP contribution in [0.2, 0.25) is 0 Å². The summed E-state index contributed by atoms with van der Waals surface area (Å²) < 4.78 is 11.0. The summed E-state index contributed by atoms with van der Waals surface area (Å²) in [5.41, 5.74) is 1.99. The number of hydrogen-bond donors (Lipinski definition) is 2. The van der Waals surface area contributed by atoms with Gasteiger partial charge in [-0.2, -0.15) is 0 Å². The topological polar surface area (TPSA) is 76.7 Å². The lowest BCUT2D eigenvalue weighted by atomic mass is 10.1. The third kappa shape index (κ3) is 6.99. The standard InChI is InChI=1S/C23H28N2O4/c1-5-14-29-21-13-7-17(15-22(21)28-4)6-12-20(26)18-8-10-19(11-9-18)25-23(27)24-16(2)3/h6-13,15-16H,5,14H2,1-4H3,(H2,24,25,27)/b12-6+. The van der Waals surface area contributed by atoms with Crippen molar-refractivity contribution in [3.8, 4) is 11.5 Å². The Hall–Kier alpha value is -3.28. The number of carbonyl (C=O) groups is 2. The van der Waals surface area contributed by atoms with E-state index in [0.717, 1.165) is 12.0 Å². The third-order valence-corrected chi connectivity index (χ3v) is 3.92. The molecule has 0 radical (unpaired) electrons. The number of amides is 2. The molecule has 2 rings (SSSR count). The fourth-order valence-electron chi connectivity index (χ4n) is 2.53. The lowest BCUT2D eigenvalue weighted by molar-refractivity contribution is 0.104. The van der Waals surface area contributed by atoms with Gasteiger partial charge in [-0.05, 0) is 68.3 Å². The molecular weight excluding hydrogens is 368 g/mol. The van der Waals surface area contributed by atoms with Crippen LogP contribution in [0.15, 0.2) is 48.5 Å². The van der Waals surface area contributed by atoms with Gasteiger partial charge >= 0.3 is 6.03 Å². The molecule has 6 nitrogen and oxygen atoms in total. The number of allylic oxidation sites excluding steroid dienone is 1. The van der Waals surface area contributed by atoms with Gasteiger partial charge in [-0.1, -0.05) is 19.1 Å². The zero-order valence-corrected chi connectivity index (χ0v) is 17.3. The maximum atomic E-state index is 12.4. The van der Waals surface area contributed by atoms with E-state index >= 15 is 0 Å². The monoisotopic (exact) mass is 396 g/mol. The Morgan fingerprint density at radius 3 is 2.41 bits per heavy atom. The smallest absolute Gasteiger partial charge is 0.319 e. The van der Waals surface area contributed by atoms with Gasteiger partial charge in [0.2, 0.25) is 0 Å². The highest BCUT2D eigenvalue weighted by atomic mass is 16.5. The number of methoxy groups -OCH3 is 1. The Kier molecular flexibility index (Phi) is 8.27. The highest BCUT2D eigenvalue weighted by Crippen LogP contribution is 2.28. The van der Waals surface area contributed by atoms with Gasteiger partial charge in [0.05, 0.1) is 13.7 Å². The number of hydrogen-bond acceptors (Lipinski definition) is 4. The zero-order chi connectivity index (χ0) is 21.2. The predicted molar refractivity (Wildman–Crippen MR) is 116 cm³/mol. The summed E-state index contributed by atoms with van der Waals surface area (Å²) in [6, 6.07) is 12.1. The Bertz CT molecular complexity index is 858. The highest BCUT2D eigenvalue weighted by Gasteiger charge is 2.07. The van der Waals surface area contributed by atoms with Crippen LogP contribution in [-0.2, 0) is 0 Å². The molecule has 6 heteroatoms. The van der Waals surface area contributed by atoms with E-state index in [0.29, 0.717) is 29.4 Å². The van der Waals surface area contributed by atoms with Gasteiger partial charge in [-0.15, -0.1) is 0 Å². The second-order valence-corrected chi connectivity index (χ2v) is 6.79.